The van der Waals surface area contributed by atoms with Crippen LogP contribution in [0.3, 0.4) is 0 Å². The SMILES string of the molecule is O=C(CCCCNC1CC1)Nc1cccc(-c2n[nH]c(=O)c3ccccc23)c1. The van der Waals surface area contributed by atoms with Crippen LogP contribution in [0.1, 0.15) is 32.1 Å². The number of hydrogen-bond acceptors (Lipinski definition) is 4. The number of hydrogen-bond donors (Lipinski definition) is 3. The summed E-state index contributed by atoms with van der Waals surface area (Å²) in [7, 11) is 0. The van der Waals surface area contributed by atoms with Crippen molar-refractivity contribution < 1.29 is 4.79 Å². The van der Waals surface area contributed by atoms with Crippen LogP contribution in [0, 0.1) is 0 Å². The van der Waals surface area contributed by atoms with E-state index in [0.717, 1.165) is 36.0 Å². The average Bonchev–Trinajstić information content (AvgIpc) is 3.53. The van der Waals surface area contributed by atoms with Crippen LogP contribution < -0.4 is 16.2 Å². The molecule has 1 saturated carbocycles. The third-order valence-corrected chi connectivity index (χ3v) is 4.96. The highest BCUT2D eigenvalue weighted by atomic mass is 16.1. The van der Waals surface area contributed by atoms with Crippen molar-refractivity contribution in [3.63, 3.8) is 0 Å². The van der Waals surface area contributed by atoms with Crippen LogP contribution in [0.2, 0.25) is 0 Å². The standard InChI is InChI=1S/C22H24N4O2/c27-20(10-3-4-13-23-16-11-12-16)24-17-7-5-6-15(14-17)21-18-8-1-2-9-19(18)22(28)26-25-21/h1-2,5-9,14,16,23H,3-4,10-13H2,(H,24,27)(H,26,28). The predicted molar refractivity (Wildman–Crippen MR) is 111 cm³/mol. The zero-order valence-corrected chi connectivity index (χ0v) is 15.7. The number of amides is 1. The smallest absolute Gasteiger partial charge is 0.272 e. The van der Waals surface area contributed by atoms with E-state index in [2.05, 4.69) is 20.8 Å². The van der Waals surface area contributed by atoms with E-state index in [1.54, 1.807) is 6.07 Å². The van der Waals surface area contributed by atoms with Crippen LogP contribution in [0.15, 0.2) is 53.3 Å². The van der Waals surface area contributed by atoms with Crippen molar-refractivity contribution in [2.75, 3.05) is 11.9 Å². The number of nitrogens with one attached hydrogen (secondary N) is 3. The third-order valence-electron chi connectivity index (χ3n) is 4.96. The Balaban J connectivity index is 1.42. The number of carbonyl (C=O) groups excluding carboxylic acids is 1. The minimum Gasteiger partial charge on any atom is -0.326 e. The van der Waals surface area contributed by atoms with E-state index in [-0.39, 0.29) is 11.5 Å². The number of rotatable bonds is 8. The highest BCUT2D eigenvalue weighted by Gasteiger charge is 2.19. The molecule has 1 amide bonds. The molecule has 1 aliphatic carbocycles. The van der Waals surface area contributed by atoms with Crippen LogP contribution >= 0.6 is 0 Å². The maximum atomic E-state index is 12.2. The molecule has 3 aromatic rings. The summed E-state index contributed by atoms with van der Waals surface area (Å²) in [6, 6.07) is 15.7. The number of aromatic amines is 1. The Kier molecular flexibility index (Phi) is 5.48. The van der Waals surface area contributed by atoms with E-state index >= 15 is 0 Å². The molecule has 144 valence electrons. The van der Waals surface area contributed by atoms with E-state index in [0.29, 0.717) is 23.5 Å². The zero-order valence-electron chi connectivity index (χ0n) is 15.7. The molecule has 6 heteroatoms. The molecule has 0 unspecified atom stereocenters. The molecule has 6 nitrogen and oxygen atoms in total. The van der Waals surface area contributed by atoms with Gasteiger partial charge in [0.25, 0.3) is 5.56 Å². The summed E-state index contributed by atoms with van der Waals surface area (Å²) >= 11 is 0. The molecular weight excluding hydrogens is 352 g/mol. The van der Waals surface area contributed by atoms with Gasteiger partial charge in [0.15, 0.2) is 0 Å². The largest absolute Gasteiger partial charge is 0.326 e. The lowest BCUT2D eigenvalue weighted by atomic mass is 10.0. The van der Waals surface area contributed by atoms with Gasteiger partial charge in [0.2, 0.25) is 5.91 Å². The highest BCUT2D eigenvalue weighted by molar-refractivity contribution is 5.95. The Morgan fingerprint density at radius 2 is 1.89 bits per heavy atom. The van der Waals surface area contributed by atoms with E-state index in [1.165, 1.54) is 12.8 Å². The topological polar surface area (TPSA) is 86.9 Å². The normalized spacial score (nSPS) is 13.6. The molecule has 3 N–H and O–H groups in total. The lowest BCUT2D eigenvalue weighted by Crippen LogP contribution is -2.18. The lowest BCUT2D eigenvalue weighted by molar-refractivity contribution is -0.116. The van der Waals surface area contributed by atoms with Crippen molar-refractivity contribution in [3.8, 4) is 11.3 Å². The van der Waals surface area contributed by atoms with Gasteiger partial charge in [-0.1, -0.05) is 30.3 Å². The molecule has 1 fully saturated rings. The molecule has 1 aliphatic rings. The number of benzene rings is 2. The summed E-state index contributed by atoms with van der Waals surface area (Å²) < 4.78 is 0. The summed E-state index contributed by atoms with van der Waals surface area (Å²) in [4.78, 5) is 24.2. The Labute approximate surface area is 163 Å². The summed E-state index contributed by atoms with van der Waals surface area (Å²) in [5, 5.41) is 14.6. The van der Waals surface area contributed by atoms with Crippen LogP contribution in [-0.4, -0.2) is 28.7 Å². The second-order valence-corrected chi connectivity index (χ2v) is 7.26. The summed E-state index contributed by atoms with van der Waals surface area (Å²) in [6.07, 6.45) is 4.97. The maximum Gasteiger partial charge on any atom is 0.272 e. The summed E-state index contributed by atoms with van der Waals surface area (Å²) in [6.45, 7) is 0.985. The second-order valence-electron chi connectivity index (χ2n) is 7.26. The van der Waals surface area contributed by atoms with Crippen molar-refractivity contribution in [3.05, 3.63) is 58.9 Å². The quantitative estimate of drug-likeness (QED) is 0.526. The summed E-state index contributed by atoms with van der Waals surface area (Å²) in [5.74, 6) is 0.0165. The van der Waals surface area contributed by atoms with Gasteiger partial charge in [0.05, 0.1) is 11.1 Å². The van der Waals surface area contributed by atoms with Crippen molar-refractivity contribution in [2.45, 2.75) is 38.1 Å². The molecule has 0 bridgehead atoms. The number of anilines is 1. The first-order valence-corrected chi connectivity index (χ1v) is 9.82. The van der Waals surface area contributed by atoms with Crippen LogP contribution in [0.5, 0.6) is 0 Å². The molecular formula is C22H24N4O2. The fraction of sp³-hybridized carbons (Fsp3) is 0.318. The molecule has 0 spiro atoms. The number of aromatic nitrogens is 2. The van der Waals surface area contributed by atoms with Gasteiger partial charge >= 0.3 is 0 Å². The Bertz CT molecular complexity index is 1040. The van der Waals surface area contributed by atoms with Gasteiger partial charge in [-0.3, -0.25) is 9.59 Å². The van der Waals surface area contributed by atoms with Gasteiger partial charge in [-0.05, 0) is 50.4 Å². The first-order valence-electron chi connectivity index (χ1n) is 9.82. The molecule has 1 aromatic heterocycles. The van der Waals surface area contributed by atoms with Gasteiger partial charge in [0.1, 0.15) is 0 Å². The van der Waals surface area contributed by atoms with Crippen molar-refractivity contribution in [1.82, 2.24) is 15.5 Å². The Hall–Kier alpha value is -2.99. The van der Waals surface area contributed by atoms with Crippen molar-refractivity contribution in [2.24, 2.45) is 0 Å². The van der Waals surface area contributed by atoms with E-state index in [1.807, 2.05) is 42.5 Å². The molecule has 0 aliphatic heterocycles. The van der Waals surface area contributed by atoms with Crippen LogP contribution in [0.25, 0.3) is 22.0 Å². The minimum atomic E-state index is -0.208. The van der Waals surface area contributed by atoms with Gasteiger partial charge in [-0.25, -0.2) is 5.10 Å². The van der Waals surface area contributed by atoms with Crippen molar-refractivity contribution >= 4 is 22.4 Å². The first-order chi connectivity index (χ1) is 13.7. The Morgan fingerprint density at radius 3 is 2.71 bits per heavy atom. The molecule has 2 aromatic carbocycles. The fourth-order valence-electron chi connectivity index (χ4n) is 3.31. The lowest BCUT2D eigenvalue weighted by Gasteiger charge is -2.09. The van der Waals surface area contributed by atoms with E-state index in [4.69, 9.17) is 0 Å². The monoisotopic (exact) mass is 376 g/mol. The number of fused-ring (bicyclic) bond motifs is 1. The van der Waals surface area contributed by atoms with Crippen molar-refractivity contribution in [1.29, 1.82) is 0 Å². The van der Waals surface area contributed by atoms with Gasteiger partial charge in [-0.2, -0.15) is 5.10 Å². The second kappa shape index (κ2) is 8.35. The van der Waals surface area contributed by atoms with Crippen LogP contribution in [-0.2, 0) is 4.79 Å². The van der Waals surface area contributed by atoms with E-state index < -0.39 is 0 Å². The zero-order chi connectivity index (χ0) is 19.3. The highest BCUT2D eigenvalue weighted by Crippen LogP contribution is 2.26. The Morgan fingerprint density at radius 1 is 1.07 bits per heavy atom. The number of H-pyrrole nitrogens is 1. The van der Waals surface area contributed by atoms with E-state index in [9.17, 15) is 9.59 Å². The molecule has 4 rings (SSSR count). The first kappa shape index (κ1) is 18.4. The predicted octanol–water partition coefficient (Wildman–Crippen LogP) is 3.45. The minimum absolute atomic E-state index is 0.0165. The maximum absolute atomic E-state index is 12.2. The molecule has 28 heavy (non-hydrogen) atoms. The fourth-order valence-corrected chi connectivity index (χ4v) is 3.31. The van der Waals surface area contributed by atoms with Gasteiger partial charge < -0.3 is 10.6 Å². The number of unbranched alkanes of at least 4 members (excludes halogenated alkanes) is 1. The third kappa shape index (κ3) is 4.46. The van der Waals surface area contributed by atoms with Gasteiger partial charge in [0, 0.05) is 29.1 Å². The average molecular weight is 376 g/mol. The molecule has 0 radical (unpaired) electrons. The van der Waals surface area contributed by atoms with Crippen LogP contribution in [0.4, 0.5) is 5.69 Å². The number of nitrogens with zero attached hydrogens (tertiary/aromatic N) is 1. The number of carbonyl (C=O) groups is 1. The molecule has 0 saturated heterocycles. The summed E-state index contributed by atoms with van der Waals surface area (Å²) in [5.41, 5.74) is 2.06. The molecule has 0 atom stereocenters. The molecule has 1 heterocycles. The van der Waals surface area contributed by atoms with Gasteiger partial charge in [-0.15, -0.1) is 0 Å².